The molecule has 0 aromatic rings. The van der Waals surface area contributed by atoms with Crippen LogP contribution in [0, 0.1) is 17.8 Å². The lowest BCUT2D eigenvalue weighted by Gasteiger charge is -2.15. The summed E-state index contributed by atoms with van der Waals surface area (Å²) >= 11 is 0. The molecule has 68 valence electrons. The summed E-state index contributed by atoms with van der Waals surface area (Å²) in [5.41, 5.74) is 5.63. The van der Waals surface area contributed by atoms with Crippen molar-refractivity contribution in [1.82, 2.24) is 0 Å². The van der Waals surface area contributed by atoms with Crippen LogP contribution in [0.4, 0.5) is 0 Å². The fraction of sp³-hybridized carbons (Fsp3) is 0.900. The molecule has 0 radical (unpaired) electrons. The van der Waals surface area contributed by atoms with Crippen LogP contribution in [0.15, 0.2) is 0 Å². The molecule has 2 unspecified atom stereocenters. The minimum absolute atomic E-state index is 0.336. The highest BCUT2D eigenvalue weighted by atomic mass is 16.1. The Morgan fingerprint density at radius 1 is 1.25 bits per heavy atom. The number of hydrogen-bond acceptors (Lipinski definition) is 2. The predicted molar refractivity (Wildman–Crippen MR) is 47.6 cm³/mol. The number of hydrogen-bond donors (Lipinski definition) is 1. The van der Waals surface area contributed by atoms with E-state index in [-0.39, 0.29) is 0 Å². The Labute approximate surface area is 73.5 Å². The predicted octanol–water partition coefficient (Wildman–Crippen LogP) is 1.34. The van der Waals surface area contributed by atoms with E-state index in [0.717, 1.165) is 19.3 Å². The molecule has 0 heterocycles. The average molecular weight is 167 g/mol. The van der Waals surface area contributed by atoms with Crippen LogP contribution in [0.1, 0.15) is 32.1 Å². The first-order valence-electron chi connectivity index (χ1n) is 5.06. The zero-order valence-corrected chi connectivity index (χ0v) is 7.46. The Morgan fingerprint density at radius 2 is 2.00 bits per heavy atom. The molecule has 0 spiro atoms. The first-order valence-corrected chi connectivity index (χ1v) is 5.06. The van der Waals surface area contributed by atoms with Crippen molar-refractivity contribution in [1.29, 1.82) is 0 Å². The molecule has 2 N–H and O–H groups in total. The summed E-state index contributed by atoms with van der Waals surface area (Å²) in [7, 11) is 0. The highest BCUT2D eigenvalue weighted by Crippen LogP contribution is 2.40. The van der Waals surface area contributed by atoms with E-state index in [1.807, 2.05) is 0 Å². The van der Waals surface area contributed by atoms with Gasteiger partial charge in [0.15, 0.2) is 0 Å². The van der Waals surface area contributed by atoms with Gasteiger partial charge in [0, 0.05) is 11.8 Å². The van der Waals surface area contributed by atoms with E-state index in [2.05, 4.69) is 0 Å². The fourth-order valence-electron chi connectivity index (χ4n) is 2.36. The van der Waals surface area contributed by atoms with Gasteiger partial charge in [0.2, 0.25) is 0 Å². The third-order valence-corrected chi connectivity index (χ3v) is 3.31. The van der Waals surface area contributed by atoms with Gasteiger partial charge < -0.3 is 5.73 Å². The van der Waals surface area contributed by atoms with Crippen molar-refractivity contribution in [2.45, 2.75) is 32.1 Å². The smallest absolute Gasteiger partial charge is 0.139 e. The SMILES string of the molecule is NCC1CCCC1C(=O)C1CC1. The van der Waals surface area contributed by atoms with Gasteiger partial charge in [0.05, 0.1) is 0 Å². The van der Waals surface area contributed by atoms with Gasteiger partial charge >= 0.3 is 0 Å². The minimum Gasteiger partial charge on any atom is -0.330 e. The lowest BCUT2D eigenvalue weighted by molar-refractivity contribution is -0.125. The molecule has 0 saturated heterocycles. The molecule has 2 rings (SSSR count). The lowest BCUT2D eigenvalue weighted by atomic mass is 9.90. The standard InChI is InChI=1S/C10H17NO/c11-6-8-2-1-3-9(8)10(12)7-4-5-7/h7-9H,1-6,11H2. The molecule has 0 aromatic carbocycles. The minimum atomic E-state index is 0.336. The number of ketones is 1. The number of rotatable bonds is 3. The summed E-state index contributed by atoms with van der Waals surface area (Å²) in [5, 5.41) is 0. The summed E-state index contributed by atoms with van der Waals surface area (Å²) in [4.78, 5) is 11.7. The van der Waals surface area contributed by atoms with Crippen LogP contribution in [-0.2, 0) is 4.79 Å². The highest BCUT2D eigenvalue weighted by Gasteiger charge is 2.39. The molecule has 2 heteroatoms. The van der Waals surface area contributed by atoms with Crippen molar-refractivity contribution in [3.63, 3.8) is 0 Å². The third-order valence-electron chi connectivity index (χ3n) is 3.31. The van der Waals surface area contributed by atoms with Gasteiger partial charge in [-0.05, 0) is 38.1 Å². The summed E-state index contributed by atoms with van der Waals surface area (Å²) in [5.74, 6) is 1.81. The van der Waals surface area contributed by atoms with E-state index in [4.69, 9.17) is 5.73 Å². The van der Waals surface area contributed by atoms with Gasteiger partial charge in [-0.3, -0.25) is 4.79 Å². The molecule has 2 nitrogen and oxygen atoms in total. The topological polar surface area (TPSA) is 43.1 Å². The monoisotopic (exact) mass is 167 g/mol. The molecular formula is C10H17NO. The van der Waals surface area contributed by atoms with Crippen LogP contribution in [0.3, 0.4) is 0 Å². The molecular weight excluding hydrogens is 150 g/mol. The summed E-state index contributed by atoms with van der Waals surface area (Å²) < 4.78 is 0. The number of carbonyl (C=O) groups excluding carboxylic acids is 1. The molecule has 12 heavy (non-hydrogen) atoms. The van der Waals surface area contributed by atoms with Crippen LogP contribution in [0.25, 0.3) is 0 Å². The van der Waals surface area contributed by atoms with Crippen molar-refractivity contribution in [3.05, 3.63) is 0 Å². The molecule has 2 aliphatic rings. The van der Waals surface area contributed by atoms with E-state index in [1.165, 1.54) is 12.8 Å². The van der Waals surface area contributed by atoms with Gasteiger partial charge in [-0.25, -0.2) is 0 Å². The van der Waals surface area contributed by atoms with Gasteiger partial charge in [-0.1, -0.05) is 6.42 Å². The Kier molecular flexibility index (Phi) is 2.18. The van der Waals surface area contributed by atoms with Crippen LogP contribution in [-0.4, -0.2) is 12.3 Å². The second kappa shape index (κ2) is 3.17. The molecule has 2 atom stereocenters. The highest BCUT2D eigenvalue weighted by molar-refractivity contribution is 5.85. The molecule has 2 fully saturated rings. The van der Waals surface area contributed by atoms with Gasteiger partial charge in [-0.15, -0.1) is 0 Å². The van der Waals surface area contributed by atoms with Crippen molar-refractivity contribution in [3.8, 4) is 0 Å². The largest absolute Gasteiger partial charge is 0.330 e. The van der Waals surface area contributed by atoms with E-state index < -0.39 is 0 Å². The van der Waals surface area contributed by atoms with Gasteiger partial charge in [0.1, 0.15) is 5.78 Å². The van der Waals surface area contributed by atoms with Crippen molar-refractivity contribution in [2.24, 2.45) is 23.5 Å². The van der Waals surface area contributed by atoms with Crippen LogP contribution in [0.5, 0.6) is 0 Å². The summed E-state index contributed by atoms with van der Waals surface area (Å²) in [6, 6.07) is 0. The average Bonchev–Trinajstić information content (AvgIpc) is 2.82. The molecule has 0 aromatic heterocycles. The quantitative estimate of drug-likeness (QED) is 0.689. The van der Waals surface area contributed by atoms with Crippen molar-refractivity contribution in [2.75, 3.05) is 6.54 Å². The normalized spacial score (nSPS) is 35.4. The summed E-state index contributed by atoms with van der Waals surface area (Å²) in [6.07, 6.45) is 5.79. The molecule has 0 amide bonds. The number of Topliss-reactive ketones (excluding diaryl/α,β-unsaturated/α-hetero) is 1. The van der Waals surface area contributed by atoms with Crippen LogP contribution < -0.4 is 5.73 Å². The zero-order valence-electron chi connectivity index (χ0n) is 7.46. The number of nitrogens with two attached hydrogens (primary N) is 1. The van der Waals surface area contributed by atoms with E-state index >= 15 is 0 Å². The maximum Gasteiger partial charge on any atom is 0.139 e. The second-order valence-corrected chi connectivity index (χ2v) is 4.21. The second-order valence-electron chi connectivity index (χ2n) is 4.21. The molecule has 0 bridgehead atoms. The number of carbonyl (C=O) groups is 1. The Morgan fingerprint density at radius 3 is 2.58 bits per heavy atom. The van der Waals surface area contributed by atoms with Crippen LogP contribution in [0.2, 0.25) is 0 Å². The Balaban J connectivity index is 1.96. The van der Waals surface area contributed by atoms with Crippen molar-refractivity contribution < 1.29 is 4.79 Å². The first kappa shape index (κ1) is 8.24. The Hall–Kier alpha value is -0.370. The van der Waals surface area contributed by atoms with E-state index in [0.29, 0.717) is 30.1 Å². The zero-order chi connectivity index (χ0) is 8.55. The van der Waals surface area contributed by atoms with E-state index in [1.54, 1.807) is 0 Å². The summed E-state index contributed by atoms with van der Waals surface area (Å²) in [6.45, 7) is 0.711. The van der Waals surface area contributed by atoms with Crippen LogP contribution >= 0.6 is 0 Å². The fourth-order valence-corrected chi connectivity index (χ4v) is 2.36. The van der Waals surface area contributed by atoms with Crippen molar-refractivity contribution >= 4 is 5.78 Å². The Bertz CT molecular complexity index is 186. The van der Waals surface area contributed by atoms with Gasteiger partial charge in [-0.2, -0.15) is 0 Å². The maximum absolute atomic E-state index is 11.7. The molecule has 2 saturated carbocycles. The lowest BCUT2D eigenvalue weighted by Crippen LogP contribution is -2.26. The molecule has 2 aliphatic carbocycles. The third kappa shape index (κ3) is 1.40. The maximum atomic E-state index is 11.7. The van der Waals surface area contributed by atoms with Gasteiger partial charge in [0.25, 0.3) is 0 Å². The van der Waals surface area contributed by atoms with E-state index in [9.17, 15) is 4.79 Å². The first-order chi connectivity index (χ1) is 5.83. The molecule has 0 aliphatic heterocycles.